The van der Waals surface area contributed by atoms with Crippen LogP contribution in [0.4, 0.5) is 0 Å². The van der Waals surface area contributed by atoms with E-state index in [9.17, 15) is 4.79 Å². The number of ether oxygens (including phenoxy) is 4. The number of benzene rings is 8. The van der Waals surface area contributed by atoms with Crippen LogP contribution in [0.2, 0.25) is 0 Å². The van der Waals surface area contributed by atoms with Crippen LogP contribution in [0, 0.1) is 12.8 Å². The molecule has 8 aromatic rings. The topological polar surface area (TPSA) is 54.0 Å². The Morgan fingerprint density at radius 1 is 0.685 bits per heavy atom. The van der Waals surface area contributed by atoms with Gasteiger partial charge in [0.05, 0.1) is 19.3 Å². The van der Waals surface area contributed by atoms with Crippen LogP contribution in [0.15, 0.2) is 152 Å². The fraction of sp³-hybridized carbons (Fsp3) is 0.309. The molecule has 0 aromatic heterocycles. The van der Waals surface area contributed by atoms with E-state index in [0.717, 1.165) is 85.4 Å². The smallest absolute Gasteiger partial charge is 0.343 e. The van der Waals surface area contributed by atoms with E-state index in [1.54, 1.807) is 7.11 Å². The first-order chi connectivity index (χ1) is 35.6. The first-order valence-electron chi connectivity index (χ1n) is 27.0. The molecule has 370 valence electrons. The summed E-state index contributed by atoms with van der Waals surface area (Å²) in [6.45, 7) is 12.0. The van der Waals surface area contributed by atoms with Gasteiger partial charge < -0.3 is 18.9 Å². The number of rotatable bonds is 15. The molecule has 1 fully saturated rings. The van der Waals surface area contributed by atoms with Crippen LogP contribution in [0.1, 0.15) is 147 Å². The van der Waals surface area contributed by atoms with E-state index >= 15 is 0 Å². The maximum absolute atomic E-state index is 14.2. The lowest BCUT2D eigenvalue weighted by molar-refractivity contribution is 0.0737. The summed E-state index contributed by atoms with van der Waals surface area (Å²) < 4.78 is 26.0. The highest BCUT2D eigenvalue weighted by Gasteiger charge is 2.45. The number of methoxy groups -OCH3 is 1. The summed E-state index contributed by atoms with van der Waals surface area (Å²) in [6, 6.07) is 50.7. The predicted molar refractivity (Wildman–Crippen MR) is 300 cm³/mol. The van der Waals surface area contributed by atoms with Gasteiger partial charge in [0.15, 0.2) is 5.60 Å². The van der Waals surface area contributed by atoms with Crippen molar-refractivity contribution < 1.29 is 23.7 Å². The second-order valence-electron chi connectivity index (χ2n) is 21.4. The Balaban J connectivity index is 0.955. The van der Waals surface area contributed by atoms with E-state index in [1.165, 1.54) is 84.7 Å². The largest absolute Gasteiger partial charge is 0.497 e. The first kappa shape index (κ1) is 48.2. The van der Waals surface area contributed by atoms with Gasteiger partial charge in [0.1, 0.15) is 23.0 Å². The summed E-state index contributed by atoms with van der Waals surface area (Å²) in [5.74, 6) is 4.03. The molecule has 0 radical (unpaired) electrons. The van der Waals surface area contributed by atoms with E-state index in [1.807, 2.05) is 60.7 Å². The number of aryl methyl sites for hydroxylation is 1. The zero-order chi connectivity index (χ0) is 50.3. The summed E-state index contributed by atoms with van der Waals surface area (Å²) >= 11 is 0. The fourth-order valence-corrected chi connectivity index (χ4v) is 12.3. The highest BCUT2D eigenvalue weighted by Crippen LogP contribution is 2.59. The summed E-state index contributed by atoms with van der Waals surface area (Å²) in [4.78, 5) is 14.2. The number of esters is 1. The van der Waals surface area contributed by atoms with Crippen molar-refractivity contribution >= 4 is 33.6 Å². The van der Waals surface area contributed by atoms with Gasteiger partial charge in [-0.2, -0.15) is 0 Å². The average molecular weight is 965 g/mol. The zero-order valence-corrected chi connectivity index (χ0v) is 43.5. The highest BCUT2D eigenvalue weighted by molar-refractivity contribution is 6.20. The van der Waals surface area contributed by atoms with Crippen molar-refractivity contribution in [1.29, 1.82) is 0 Å². The van der Waals surface area contributed by atoms with Crippen molar-refractivity contribution in [1.82, 2.24) is 0 Å². The van der Waals surface area contributed by atoms with Crippen molar-refractivity contribution in [3.05, 3.63) is 196 Å². The van der Waals surface area contributed by atoms with E-state index < -0.39 is 11.6 Å². The maximum Gasteiger partial charge on any atom is 0.343 e. The van der Waals surface area contributed by atoms with Gasteiger partial charge in [0.25, 0.3) is 0 Å². The maximum atomic E-state index is 14.2. The van der Waals surface area contributed by atoms with Crippen LogP contribution >= 0.6 is 0 Å². The molecule has 1 heterocycles. The monoisotopic (exact) mass is 965 g/mol. The molecule has 11 rings (SSSR count). The average Bonchev–Trinajstić information content (AvgIpc) is 3.66. The summed E-state index contributed by atoms with van der Waals surface area (Å²) in [5.41, 5.74) is 12.0. The molecule has 0 N–H and O–H groups in total. The lowest BCUT2D eigenvalue weighted by atomic mass is 9.76. The quantitative estimate of drug-likeness (QED) is 0.0443. The Morgan fingerprint density at radius 2 is 1.36 bits per heavy atom. The van der Waals surface area contributed by atoms with Crippen LogP contribution < -0.4 is 18.9 Å². The van der Waals surface area contributed by atoms with Crippen molar-refractivity contribution in [3.63, 3.8) is 0 Å². The number of hydrogen-bond donors (Lipinski definition) is 0. The van der Waals surface area contributed by atoms with Crippen LogP contribution in [-0.4, -0.2) is 19.7 Å². The van der Waals surface area contributed by atoms with Crippen molar-refractivity contribution in [2.45, 2.75) is 116 Å². The van der Waals surface area contributed by atoms with Gasteiger partial charge in [-0.3, -0.25) is 0 Å². The number of hydrogen-bond acceptors (Lipinski definition) is 5. The lowest BCUT2D eigenvalue weighted by Crippen LogP contribution is -2.35. The number of unbranched alkanes of at least 4 members (excludes halogenated alkanes) is 3. The van der Waals surface area contributed by atoms with Crippen molar-refractivity contribution in [3.8, 4) is 45.3 Å². The zero-order valence-electron chi connectivity index (χ0n) is 43.5. The van der Waals surface area contributed by atoms with Crippen LogP contribution in [0.3, 0.4) is 0 Å². The molecule has 0 saturated heterocycles. The molecule has 0 amide bonds. The minimum absolute atomic E-state index is 0.321. The number of carbonyl (C=O) groups excluding carboxylic acids is 1. The SMILES string of the molecule is CCCCCC1CCC(c2ccc(-c3ccc(C(=O)Oc4cccc5c4ccc4c6c(c7c(c45)OC(c4ccc(OC)cc4)(c4ccc(OCCCC)cc4)C=C7)C(C)(C)c4cc(C)ccc4-6)cc3)cc2)CC1. The third-order valence-corrected chi connectivity index (χ3v) is 16.4. The Hall–Kier alpha value is -7.11. The molecule has 0 bridgehead atoms. The molecule has 5 heteroatoms. The van der Waals surface area contributed by atoms with Crippen LogP contribution in [0.5, 0.6) is 23.0 Å². The number of fused-ring (bicyclic) bond motifs is 10. The fourth-order valence-electron chi connectivity index (χ4n) is 12.3. The molecule has 8 aromatic carbocycles. The van der Waals surface area contributed by atoms with E-state index in [0.29, 0.717) is 23.8 Å². The van der Waals surface area contributed by atoms with Crippen molar-refractivity contribution in [2.75, 3.05) is 13.7 Å². The molecular weight excluding hydrogens is 897 g/mol. The number of carbonyl (C=O) groups is 1. The van der Waals surface area contributed by atoms with E-state index in [-0.39, 0.29) is 5.41 Å². The third kappa shape index (κ3) is 8.89. The molecule has 1 atom stereocenters. The van der Waals surface area contributed by atoms with Crippen LogP contribution in [0.25, 0.3) is 49.9 Å². The second-order valence-corrected chi connectivity index (χ2v) is 21.4. The normalized spacial score (nSPS) is 18.4. The molecule has 73 heavy (non-hydrogen) atoms. The Labute approximate surface area is 432 Å². The van der Waals surface area contributed by atoms with E-state index in [2.05, 4.69) is 132 Å². The Morgan fingerprint density at radius 3 is 2.04 bits per heavy atom. The minimum Gasteiger partial charge on any atom is -0.497 e. The van der Waals surface area contributed by atoms with Gasteiger partial charge in [-0.05, 0) is 155 Å². The van der Waals surface area contributed by atoms with Gasteiger partial charge in [0, 0.05) is 32.9 Å². The minimum atomic E-state index is -1.01. The van der Waals surface area contributed by atoms with E-state index in [4.69, 9.17) is 18.9 Å². The molecule has 0 spiro atoms. The molecule has 5 nitrogen and oxygen atoms in total. The van der Waals surface area contributed by atoms with Gasteiger partial charge in [-0.15, -0.1) is 0 Å². The lowest BCUT2D eigenvalue weighted by Gasteiger charge is -2.38. The van der Waals surface area contributed by atoms with Gasteiger partial charge >= 0.3 is 5.97 Å². The van der Waals surface area contributed by atoms with Crippen LogP contribution in [-0.2, 0) is 11.0 Å². The summed E-state index contributed by atoms with van der Waals surface area (Å²) in [6.07, 6.45) is 17.3. The van der Waals surface area contributed by atoms with Gasteiger partial charge in [-0.25, -0.2) is 4.79 Å². The predicted octanol–water partition coefficient (Wildman–Crippen LogP) is 17.9. The molecule has 1 aliphatic heterocycles. The highest BCUT2D eigenvalue weighted by atomic mass is 16.5. The van der Waals surface area contributed by atoms with Crippen molar-refractivity contribution in [2.24, 2.45) is 5.92 Å². The molecule has 2 aliphatic carbocycles. The standard InChI is InChI=1S/C68H68O5/c1-7-9-11-13-45-17-19-46(20-18-45)47-21-23-48(24-22-47)49-25-27-50(28-26-49)66(69)72-61-15-12-14-56-55(61)38-39-58-62-57-37-16-44(3)43-60(57)67(4,5)64(62)59-40-41-68(73-65(59)63(56)58,51-29-33-53(70-6)34-30-51)52-31-35-54(36-32-52)71-42-10-8-2/h12,14-16,21-41,43,45-46H,7-11,13,17-20,42H2,1-6H3. The Bertz CT molecular complexity index is 3340. The first-order valence-corrected chi connectivity index (χ1v) is 27.0. The molecular formula is C68H68O5. The van der Waals surface area contributed by atoms with Gasteiger partial charge in [0.2, 0.25) is 0 Å². The summed E-state index contributed by atoms with van der Waals surface area (Å²) in [7, 11) is 1.69. The molecule has 1 unspecified atom stereocenters. The molecule has 1 saturated carbocycles. The molecule has 3 aliphatic rings. The second kappa shape index (κ2) is 20.1. The van der Waals surface area contributed by atoms with Gasteiger partial charge in [-0.1, -0.05) is 169 Å². The Kier molecular flexibility index (Phi) is 13.2. The summed E-state index contributed by atoms with van der Waals surface area (Å²) in [5, 5.41) is 3.83. The third-order valence-electron chi connectivity index (χ3n) is 16.4.